The van der Waals surface area contributed by atoms with Gasteiger partial charge in [-0.05, 0) is 292 Å². The van der Waals surface area contributed by atoms with E-state index in [4.69, 9.17) is 0 Å². The molecule has 21 rings (SSSR count). The van der Waals surface area contributed by atoms with Crippen molar-refractivity contribution < 1.29 is 28.8 Å². The number of benzene rings is 10. The average Bonchev–Trinajstić information content (AvgIpc) is 0.822. The molecule has 2 heterocycles. The molecule has 0 aromatic heterocycles. The van der Waals surface area contributed by atoms with E-state index in [0.29, 0.717) is 67.9 Å². The van der Waals surface area contributed by atoms with E-state index < -0.39 is 0 Å². The summed E-state index contributed by atoms with van der Waals surface area (Å²) in [5, 5.41) is 0. The molecule has 3 unspecified atom stereocenters. The highest BCUT2D eigenvalue weighted by molar-refractivity contribution is 6.41. The van der Waals surface area contributed by atoms with Gasteiger partial charge in [0.15, 0.2) is 34.7 Å². The van der Waals surface area contributed by atoms with Gasteiger partial charge in [-0.2, -0.15) is 0 Å². The second kappa shape index (κ2) is 32.1. The zero-order chi connectivity index (χ0) is 87.6. The minimum absolute atomic E-state index is 0.0177. The lowest BCUT2D eigenvalue weighted by Crippen LogP contribution is -2.44. The van der Waals surface area contributed by atoms with E-state index in [1.807, 2.05) is 48.5 Å². The van der Waals surface area contributed by atoms with Crippen molar-refractivity contribution >= 4 is 91.2 Å². The molecule has 10 aromatic rings. The van der Waals surface area contributed by atoms with Crippen molar-refractivity contribution in [3.63, 3.8) is 0 Å². The van der Waals surface area contributed by atoms with Gasteiger partial charge >= 0.3 is 0 Å². The molecule has 11 aliphatic rings. The summed E-state index contributed by atoms with van der Waals surface area (Å²) in [4.78, 5) is 87.4. The second-order valence-corrected chi connectivity index (χ2v) is 40.3. The Morgan fingerprint density at radius 1 is 0.294 bits per heavy atom. The summed E-state index contributed by atoms with van der Waals surface area (Å²) in [6.45, 7) is 29.9. The Balaban J connectivity index is 0.000000124. The van der Waals surface area contributed by atoms with Gasteiger partial charge in [0.2, 0.25) is 0 Å². The van der Waals surface area contributed by atoms with E-state index in [1.165, 1.54) is 90.9 Å². The normalized spacial score (nSPS) is 21.1. The second-order valence-electron chi connectivity index (χ2n) is 40.3. The third kappa shape index (κ3) is 15.0. The minimum Gasteiger partial charge on any atom is -0.371 e. The van der Waals surface area contributed by atoms with Crippen molar-refractivity contribution in [3.05, 3.63) is 402 Å². The first-order valence-electron chi connectivity index (χ1n) is 45.5. The van der Waals surface area contributed by atoms with Crippen LogP contribution in [0.5, 0.6) is 0 Å². The number of para-hydroxylation sites is 2. The Morgan fingerprint density at radius 2 is 0.548 bits per heavy atom. The van der Waals surface area contributed by atoms with Crippen LogP contribution >= 0.6 is 0 Å². The number of carbonyl (C=O) groups excluding carboxylic acids is 6. The lowest BCUT2D eigenvalue weighted by molar-refractivity contribution is 0.0969. The molecule has 0 fully saturated rings. The summed E-state index contributed by atoms with van der Waals surface area (Å²) in [5.41, 5.74) is 32.4. The van der Waals surface area contributed by atoms with Crippen LogP contribution in [0.15, 0.2) is 329 Å². The summed E-state index contributed by atoms with van der Waals surface area (Å²) in [6.07, 6.45) is 24.4. The fourth-order valence-corrected chi connectivity index (χ4v) is 22.6. The highest BCUT2D eigenvalue weighted by atomic mass is 16.2. The zero-order valence-corrected chi connectivity index (χ0v) is 74.8. The number of aryl methyl sites for hydroxylation is 2. The summed E-state index contributed by atoms with van der Waals surface area (Å²) < 4.78 is 0. The number of hydrogen-bond acceptors (Lipinski definition) is 9. The third-order valence-electron chi connectivity index (χ3n) is 29.6. The molecule has 3 atom stereocenters. The smallest absolute Gasteiger partial charge is 0.197 e. The number of hydrogen-bond donors (Lipinski definition) is 0. The van der Waals surface area contributed by atoms with Gasteiger partial charge in [-0.25, -0.2) is 0 Å². The van der Waals surface area contributed by atoms with Crippen molar-refractivity contribution in [2.24, 2.45) is 34.0 Å². The van der Waals surface area contributed by atoms with Gasteiger partial charge in [-0.1, -0.05) is 275 Å². The fraction of sp³-hybridized carbons (Fsp3) is 0.282. The predicted molar refractivity (Wildman–Crippen MR) is 514 cm³/mol. The average molecular weight is 1660 g/mol. The van der Waals surface area contributed by atoms with Crippen LogP contribution in [0.4, 0.5) is 39.8 Å². The third-order valence-corrected chi connectivity index (χ3v) is 29.6. The predicted octanol–water partition coefficient (Wildman–Crippen LogP) is 28.4. The van der Waals surface area contributed by atoms with Crippen molar-refractivity contribution in [2.45, 2.75) is 165 Å². The molecule has 0 saturated heterocycles. The van der Waals surface area contributed by atoms with Crippen molar-refractivity contribution in [1.29, 1.82) is 0 Å². The Labute approximate surface area is 743 Å². The molecular formula is C117H111N3O6. The highest BCUT2D eigenvalue weighted by Gasteiger charge is 2.48. The zero-order valence-electron chi connectivity index (χ0n) is 74.8. The number of nitrogens with zero attached hydrogens (tertiary/aromatic N) is 3. The van der Waals surface area contributed by atoms with E-state index in [9.17, 15) is 28.8 Å². The lowest BCUT2D eigenvalue weighted by Gasteiger charge is -2.48. The molecule has 0 N–H and O–H groups in total. The first kappa shape index (κ1) is 82.9. The molecule has 2 aliphatic heterocycles. The van der Waals surface area contributed by atoms with Crippen LogP contribution in [0.3, 0.4) is 0 Å². The van der Waals surface area contributed by atoms with Crippen LogP contribution in [-0.4, -0.2) is 47.8 Å². The van der Waals surface area contributed by atoms with Crippen LogP contribution in [0.2, 0.25) is 0 Å². The van der Waals surface area contributed by atoms with Crippen LogP contribution in [0.25, 0.3) is 16.7 Å². The highest BCUT2D eigenvalue weighted by Crippen LogP contribution is 2.57. The van der Waals surface area contributed by atoms with Crippen LogP contribution in [0, 0.1) is 47.8 Å². The minimum atomic E-state index is -0.131. The summed E-state index contributed by atoms with van der Waals surface area (Å²) >= 11 is 0. The SMILES string of the molecule is CC1(C)CC(=C2C(=O)c3ccccc3C2=O)C=C2C=C(c3ccc(N(c4ccccc4)c4ccccc4)cc3)CCC21.CC1(C)CCN2CCC(C)(C)c3cc(C4=CC5=CC(=C6C(=O)c7ccccc7C6=O)CC(C)(C)C5CC4)cc1c32.Cc1ccc(N(c2ccc(C)cc2)c2ccc(C3=CC4=CC(=C5C(=O)c6ccccc6C5=O)CC(C)(C)C4CC3)cc2)cc1. The molecule has 9 nitrogen and oxygen atoms in total. The van der Waals surface area contributed by atoms with Crippen molar-refractivity contribution in [1.82, 2.24) is 0 Å². The molecule has 10 aromatic carbocycles. The van der Waals surface area contributed by atoms with Crippen LogP contribution in [0.1, 0.15) is 241 Å². The van der Waals surface area contributed by atoms with E-state index in [1.54, 1.807) is 36.4 Å². The molecule has 0 bridgehead atoms. The number of allylic oxidation sites excluding steroid dienone is 18. The quantitative estimate of drug-likeness (QED) is 0.103. The number of carbonyl (C=O) groups is 6. The van der Waals surface area contributed by atoms with Crippen LogP contribution in [-0.2, 0) is 10.8 Å². The number of rotatable bonds is 9. The van der Waals surface area contributed by atoms with Crippen molar-refractivity contribution in [3.8, 4) is 0 Å². The molecule has 0 amide bonds. The monoisotopic (exact) mass is 1650 g/mol. The molecular weight excluding hydrogens is 1540 g/mol. The molecule has 9 heteroatoms. The molecule has 0 spiro atoms. The van der Waals surface area contributed by atoms with Gasteiger partial charge in [-0.3, -0.25) is 28.8 Å². The van der Waals surface area contributed by atoms with Gasteiger partial charge in [0.25, 0.3) is 0 Å². The Morgan fingerprint density at radius 3 is 0.833 bits per heavy atom. The molecule has 0 radical (unpaired) electrons. The molecule has 0 saturated carbocycles. The van der Waals surface area contributed by atoms with E-state index in [2.05, 4.69) is 292 Å². The fourth-order valence-electron chi connectivity index (χ4n) is 22.6. The maximum absolute atomic E-state index is 13.4. The first-order valence-corrected chi connectivity index (χ1v) is 45.5. The Hall–Kier alpha value is -12.7. The van der Waals surface area contributed by atoms with E-state index in [0.717, 1.165) is 122 Å². The number of Topliss-reactive ketones (excluding diaryl/α,β-unsaturated/α-hetero) is 6. The van der Waals surface area contributed by atoms with Gasteiger partial charge < -0.3 is 14.7 Å². The standard InChI is InChI=1S/C41H37NO2.C39H33NO2.C37H41NO2/c1-26-9-16-32(17-10-26)42(33-18-11-27(2)12-19-33)34-20-13-28(14-21-34)29-15-22-37-30(23-29)24-31(25-41(37,3)4)38-39(43)35-7-5-6-8-36(35)40(38)44;1-39(2)25-29(36-37(41)33-15-9-10-16-34(33)38(36)42)24-28-23-27(19-22-35(28)39)26-17-20-32(21-18-26)40(30-11-5-3-6-12-30)31-13-7-4-8-14-31;1-35(2)13-15-38-16-14-36(3,4)30-20-23(19-29(35)32(30)38)22-11-12-28-24(17-22)18-25(21-37(28,5)6)31-33(39)26-9-7-8-10-27(26)34(31)40/h5-14,16-21,23-24,37H,15,22,25H2,1-4H3;3-18,20-21,23-24,35H,19,22,25H2,1-2H3;7-10,17-20,28H,11-16,21H2,1-6H3. The Kier molecular flexibility index (Phi) is 21.1. The van der Waals surface area contributed by atoms with Gasteiger partial charge in [0.05, 0.1) is 16.7 Å². The molecule has 630 valence electrons. The van der Waals surface area contributed by atoms with E-state index >= 15 is 0 Å². The van der Waals surface area contributed by atoms with Crippen LogP contribution < -0.4 is 14.7 Å². The first-order chi connectivity index (χ1) is 60.5. The number of ketones is 6. The maximum atomic E-state index is 13.4. The lowest BCUT2D eigenvalue weighted by atomic mass is 9.62. The molecule has 9 aliphatic carbocycles. The largest absolute Gasteiger partial charge is 0.371 e. The topological polar surface area (TPSA) is 112 Å². The van der Waals surface area contributed by atoms with E-state index in [-0.39, 0.29) is 61.8 Å². The van der Waals surface area contributed by atoms with Crippen molar-refractivity contribution in [2.75, 3.05) is 27.8 Å². The maximum Gasteiger partial charge on any atom is 0.197 e. The van der Waals surface area contributed by atoms with Gasteiger partial charge in [0, 0.05) is 86.3 Å². The summed E-state index contributed by atoms with van der Waals surface area (Å²) in [5.74, 6) is 0.473. The van der Waals surface area contributed by atoms with Gasteiger partial charge in [-0.15, -0.1) is 0 Å². The van der Waals surface area contributed by atoms with Gasteiger partial charge in [0.1, 0.15) is 0 Å². The summed E-state index contributed by atoms with van der Waals surface area (Å²) in [7, 11) is 0. The summed E-state index contributed by atoms with van der Waals surface area (Å²) in [6, 6.07) is 82.6. The number of fused-ring (bicyclic) bond motifs is 6. The number of anilines is 7. The molecule has 126 heavy (non-hydrogen) atoms. The Bertz CT molecular complexity index is 6280.